The maximum absolute atomic E-state index is 13.0. The second-order valence-corrected chi connectivity index (χ2v) is 4.39. The Balaban J connectivity index is 2.67. The van der Waals surface area contributed by atoms with Crippen LogP contribution in [-0.4, -0.2) is 30.9 Å². The summed E-state index contributed by atoms with van der Waals surface area (Å²) in [6, 6.07) is 3.23. The van der Waals surface area contributed by atoms with Crippen molar-refractivity contribution in [1.82, 2.24) is 5.32 Å². The molecule has 1 rings (SSSR count). The van der Waals surface area contributed by atoms with Crippen LogP contribution in [-0.2, 0) is 0 Å². The number of aliphatic hydroxyl groups is 1. The van der Waals surface area contributed by atoms with E-state index in [1.165, 1.54) is 25.3 Å². The first-order valence-corrected chi connectivity index (χ1v) is 5.99. The van der Waals surface area contributed by atoms with E-state index in [0.29, 0.717) is 5.69 Å². The smallest absolute Gasteiger partial charge is 0.319 e. The van der Waals surface area contributed by atoms with Crippen molar-refractivity contribution in [2.45, 2.75) is 19.9 Å². The van der Waals surface area contributed by atoms with Gasteiger partial charge < -0.3 is 20.5 Å². The van der Waals surface area contributed by atoms with Gasteiger partial charge in [0, 0.05) is 18.7 Å². The summed E-state index contributed by atoms with van der Waals surface area (Å²) in [6.07, 6.45) is 0. The molecule has 0 spiro atoms. The predicted octanol–water partition coefficient (Wildman–Crippen LogP) is 1.97. The Kier molecular flexibility index (Phi) is 5.57. The normalized spacial score (nSPS) is 13.5. The highest BCUT2D eigenvalue weighted by Crippen LogP contribution is 2.24. The lowest BCUT2D eigenvalue weighted by Crippen LogP contribution is -2.40. The van der Waals surface area contributed by atoms with Crippen LogP contribution in [0.25, 0.3) is 0 Å². The lowest BCUT2D eigenvalue weighted by molar-refractivity contribution is 0.204. The van der Waals surface area contributed by atoms with E-state index in [1.54, 1.807) is 6.92 Å². The minimum atomic E-state index is -0.440. The van der Waals surface area contributed by atoms with E-state index in [1.807, 2.05) is 6.92 Å². The molecule has 5 nitrogen and oxygen atoms in total. The van der Waals surface area contributed by atoms with E-state index in [2.05, 4.69) is 10.6 Å². The van der Waals surface area contributed by atoms with Crippen LogP contribution in [0.4, 0.5) is 14.9 Å². The molecule has 0 heterocycles. The number of ether oxygens (including phenoxy) is 1. The van der Waals surface area contributed by atoms with Crippen LogP contribution in [0.15, 0.2) is 18.2 Å². The number of hydrogen-bond donors (Lipinski definition) is 3. The molecule has 2 unspecified atom stereocenters. The minimum Gasteiger partial charge on any atom is -0.494 e. The van der Waals surface area contributed by atoms with Crippen molar-refractivity contribution in [3.63, 3.8) is 0 Å². The van der Waals surface area contributed by atoms with Crippen LogP contribution in [0.3, 0.4) is 0 Å². The third-order valence-corrected chi connectivity index (χ3v) is 2.91. The molecule has 0 aliphatic carbocycles. The number of rotatable bonds is 5. The van der Waals surface area contributed by atoms with Crippen molar-refractivity contribution in [2.75, 3.05) is 19.0 Å². The maximum atomic E-state index is 13.0. The number of aliphatic hydroxyl groups excluding tert-OH is 1. The first kappa shape index (κ1) is 15.2. The second-order valence-electron chi connectivity index (χ2n) is 4.39. The Morgan fingerprint density at radius 2 is 2.16 bits per heavy atom. The van der Waals surface area contributed by atoms with Gasteiger partial charge in [-0.15, -0.1) is 0 Å². The molecule has 6 heteroatoms. The highest BCUT2D eigenvalue weighted by molar-refractivity contribution is 5.91. The van der Waals surface area contributed by atoms with Gasteiger partial charge in [-0.25, -0.2) is 9.18 Å². The molecule has 3 N–H and O–H groups in total. The van der Waals surface area contributed by atoms with E-state index >= 15 is 0 Å². The number of amides is 2. The molecule has 0 aliphatic rings. The molecular weight excluding hydrogens is 251 g/mol. The highest BCUT2D eigenvalue weighted by atomic mass is 19.1. The van der Waals surface area contributed by atoms with Gasteiger partial charge in [0.1, 0.15) is 11.6 Å². The van der Waals surface area contributed by atoms with Crippen molar-refractivity contribution in [2.24, 2.45) is 5.92 Å². The Labute approximate surface area is 111 Å². The van der Waals surface area contributed by atoms with Crippen LogP contribution < -0.4 is 15.4 Å². The molecule has 106 valence electrons. The molecular formula is C13H19FN2O3. The average molecular weight is 270 g/mol. The number of urea groups is 1. The molecule has 0 saturated heterocycles. The Hall–Kier alpha value is -1.82. The van der Waals surface area contributed by atoms with Crippen molar-refractivity contribution < 1.29 is 19.0 Å². The maximum Gasteiger partial charge on any atom is 0.319 e. The van der Waals surface area contributed by atoms with Crippen LogP contribution >= 0.6 is 0 Å². The lowest BCUT2D eigenvalue weighted by atomic mass is 10.1. The predicted molar refractivity (Wildman–Crippen MR) is 70.8 cm³/mol. The molecule has 0 aromatic heterocycles. The van der Waals surface area contributed by atoms with Crippen molar-refractivity contribution >= 4 is 11.7 Å². The Bertz CT molecular complexity index is 440. The van der Waals surface area contributed by atoms with Crippen LogP contribution in [0, 0.1) is 11.7 Å². The fourth-order valence-corrected chi connectivity index (χ4v) is 1.43. The minimum absolute atomic E-state index is 0.0126. The number of methoxy groups -OCH3 is 1. The number of benzene rings is 1. The summed E-state index contributed by atoms with van der Waals surface area (Å²) in [5.74, 6) is -0.246. The van der Waals surface area contributed by atoms with E-state index in [9.17, 15) is 9.18 Å². The summed E-state index contributed by atoms with van der Waals surface area (Å²) in [7, 11) is 1.40. The zero-order valence-corrected chi connectivity index (χ0v) is 11.2. The van der Waals surface area contributed by atoms with Gasteiger partial charge >= 0.3 is 6.03 Å². The van der Waals surface area contributed by atoms with Gasteiger partial charge in [-0.2, -0.15) is 0 Å². The van der Waals surface area contributed by atoms with Crippen molar-refractivity contribution in [3.05, 3.63) is 24.0 Å². The topological polar surface area (TPSA) is 70.6 Å². The van der Waals surface area contributed by atoms with Crippen molar-refractivity contribution in [3.8, 4) is 5.75 Å². The van der Waals surface area contributed by atoms with Gasteiger partial charge in [0.15, 0.2) is 0 Å². The number of anilines is 1. The number of nitrogens with one attached hydrogen (secondary N) is 2. The summed E-state index contributed by atoms with van der Waals surface area (Å²) < 4.78 is 18.0. The molecule has 2 atom stereocenters. The van der Waals surface area contributed by atoms with Gasteiger partial charge in [0.05, 0.1) is 12.8 Å². The Morgan fingerprint density at radius 1 is 1.47 bits per heavy atom. The standard InChI is InChI=1S/C13H19FN2O3/c1-8(7-17)9(2)15-13(18)16-11-5-4-10(14)6-12(11)19-3/h4-6,8-9,17H,7H2,1-3H3,(H2,15,16,18). The summed E-state index contributed by atoms with van der Waals surface area (Å²) in [5.41, 5.74) is 0.380. The molecule has 1 aromatic rings. The number of halogens is 1. The molecule has 0 aliphatic heterocycles. The first-order valence-electron chi connectivity index (χ1n) is 5.99. The fourth-order valence-electron chi connectivity index (χ4n) is 1.43. The van der Waals surface area contributed by atoms with E-state index < -0.39 is 11.8 Å². The molecule has 19 heavy (non-hydrogen) atoms. The van der Waals surface area contributed by atoms with Gasteiger partial charge in [0.2, 0.25) is 0 Å². The number of carbonyl (C=O) groups is 1. The summed E-state index contributed by atoms with van der Waals surface area (Å²) in [6.45, 7) is 3.60. The van der Waals surface area contributed by atoms with E-state index in [0.717, 1.165) is 0 Å². The molecule has 0 bridgehead atoms. The summed E-state index contributed by atoms with van der Waals surface area (Å²) >= 11 is 0. The summed E-state index contributed by atoms with van der Waals surface area (Å²) in [4.78, 5) is 11.7. The largest absolute Gasteiger partial charge is 0.494 e. The average Bonchev–Trinajstić information content (AvgIpc) is 2.39. The van der Waals surface area contributed by atoms with Crippen molar-refractivity contribution in [1.29, 1.82) is 0 Å². The Morgan fingerprint density at radius 3 is 2.74 bits per heavy atom. The van der Waals surface area contributed by atoms with E-state index in [-0.39, 0.29) is 24.3 Å². The highest BCUT2D eigenvalue weighted by Gasteiger charge is 2.15. The lowest BCUT2D eigenvalue weighted by Gasteiger charge is -2.20. The van der Waals surface area contributed by atoms with Gasteiger partial charge in [-0.05, 0) is 25.0 Å². The van der Waals surface area contributed by atoms with E-state index in [4.69, 9.17) is 9.84 Å². The first-order chi connectivity index (χ1) is 8.97. The molecule has 1 aromatic carbocycles. The molecule has 2 amide bonds. The van der Waals surface area contributed by atoms with Crippen LogP contribution in [0.5, 0.6) is 5.75 Å². The SMILES string of the molecule is COc1cc(F)ccc1NC(=O)NC(C)C(C)CO. The van der Waals surface area contributed by atoms with Crippen LogP contribution in [0.1, 0.15) is 13.8 Å². The third-order valence-electron chi connectivity index (χ3n) is 2.91. The zero-order chi connectivity index (χ0) is 14.4. The number of carbonyl (C=O) groups excluding carboxylic acids is 1. The van der Waals surface area contributed by atoms with Gasteiger partial charge in [-0.1, -0.05) is 6.92 Å². The zero-order valence-electron chi connectivity index (χ0n) is 11.2. The second kappa shape index (κ2) is 6.94. The quantitative estimate of drug-likeness (QED) is 0.766. The molecule has 0 fully saturated rings. The number of hydrogen-bond acceptors (Lipinski definition) is 3. The van der Waals surface area contributed by atoms with Crippen LogP contribution in [0.2, 0.25) is 0 Å². The molecule has 0 saturated carbocycles. The fraction of sp³-hybridized carbons (Fsp3) is 0.462. The summed E-state index contributed by atoms with van der Waals surface area (Å²) in [5, 5.41) is 14.2. The van der Waals surface area contributed by atoms with Gasteiger partial charge in [0.25, 0.3) is 0 Å². The monoisotopic (exact) mass is 270 g/mol. The molecule has 0 radical (unpaired) electrons. The third kappa shape index (κ3) is 4.40. The van der Waals surface area contributed by atoms with Gasteiger partial charge in [-0.3, -0.25) is 0 Å².